The second kappa shape index (κ2) is 8.28. The standard InChI is InChI=1S/C11H10F3NO3S5/c1-18-7-6(16)4-5(2-3-15-10(17)11(12,13)14)8-9(7)20-22-23-21-19-8/h4,16H,2-3H2,1H3,(H,15,17). The molecule has 2 rings (SSSR count). The lowest BCUT2D eigenvalue weighted by Crippen LogP contribution is -2.37. The molecular weight excluding hydrogens is 411 g/mol. The van der Waals surface area contributed by atoms with Gasteiger partial charge in [-0.3, -0.25) is 4.79 Å². The molecule has 1 aromatic rings. The van der Waals surface area contributed by atoms with Crippen molar-refractivity contribution >= 4 is 57.0 Å². The summed E-state index contributed by atoms with van der Waals surface area (Å²) in [5.41, 5.74) is 0.661. The van der Waals surface area contributed by atoms with Crippen LogP contribution in [0.5, 0.6) is 11.5 Å². The van der Waals surface area contributed by atoms with Gasteiger partial charge < -0.3 is 15.2 Å². The summed E-state index contributed by atoms with van der Waals surface area (Å²) in [7, 11) is 8.87. The molecule has 1 aliphatic heterocycles. The molecule has 1 aromatic carbocycles. The number of methoxy groups -OCH3 is 1. The molecule has 0 bridgehead atoms. The Kier molecular flexibility index (Phi) is 6.89. The lowest BCUT2D eigenvalue weighted by molar-refractivity contribution is -0.173. The average Bonchev–Trinajstić information content (AvgIpc) is 2.72. The van der Waals surface area contributed by atoms with Crippen molar-refractivity contribution in [2.45, 2.75) is 22.4 Å². The summed E-state index contributed by atoms with van der Waals surface area (Å²) in [6.45, 7) is -0.174. The van der Waals surface area contributed by atoms with Crippen LogP contribution < -0.4 is 10.1 Å². The van der Waals surface area contributed by atoms with Crippen LogP contribution in [0, 0.1) is 0 Å². The predicted octanol–water partition coefficient (Wildman–Crippen LogP) is 4.68. The smallest absolute Gasteiger partial charge is 0.471 e. The first-order valence-electron chi connectivity index (χ1n) is 5.97. The molecule has 1 amide bonds. The van der Waals surface area contributed by atoms with E-state index in [0.717, 1.165) is 9.79 Å². The summed E-state index contributed by atoms with van der Waals surface area (Å²) < 4.78 is 41.7. The summed E-state index contributed by atoms with van der Waals surface area (Å²) in [6.07, 6.45) is -4.72. The van der Waals surface area contributed by atoms with Crippen LogP contribution in [0.2, 0.25) is 0 Å². The fourth-order valence-electron chi connectivity index (χ4n) is 1.73. The molecule has 0 aliphatic carbocycles. The van der Waals surface area contributed by atoms with E-state index in [1.807, 2.05) is 5.32 Å². The molecule has 4 nitrogen and oxygen atoms in total. The number of carbonyl (C=O) groups excluding carboxylic acids is 1. The fourth-order valence-corrected chi connectivity index (χ4v) is 11.0. The lowest BCUT2D eigenvalue weighted by atomic mass is 10.1. The van der Waals surface area contributed by atoms with Crippen molar-refractivity contribution in [3.8, 4) is 11.5 Å². The van der Waals surface area contributed by atoms with Gasteiger partial charge in [0.1, 0.15) is 0 Å². The van der Waals surface area contributed by atoms with Gasteiger partial charge in [-0.1, -0.05) is 0 Å². The summed E-state index contributed by atoms with van der Waals surface area (Å²) in [4.78, 5) is 12.4. The Bertz CT molecular complexity index is 599. The number of phenols is 1. The number of ether oxygens (including phenoxy) is 1. The van der Waals surface area contributed by atoms with E-state index in [9.17, 15) is 23.1 Å². The van der Waals surface area contributed by atoms with Gasteiger partial charge in [0.2, 0.25) is 0 Å². The lowest BCUT2D eigenvalue weighted by Gasteiger charge is -2.16. The maximum atomic E-state index is 12.2. The first-order valence-corrected chi connectivity index (χ1v) is 12.1. The van der Waals surface area contributed by atoms with E-state index in [-0.39, 0.29) is 18.7 Å². The van der Waals surface area contributed by atoms with E-state index < -0.39 is 12.1 Å². The van der Waals surface area contributed by atoms with Gasteiger partial charge in [0.05, 0.1) is 12.0 Å². The topological polar surface area (TPSA) is 58.6 Å². The van der Waals surface area contributed by atoms with Crippen LogP contribution in [0.1, 0.15) is 5.56 Å². The highest BCUT2D eigenvalue weighted by Crippen LogP contribution is 2.62. The highest BCUT2D eigenvalue weighted by atomic mass is 33.8. The molecule has 0 aromatic heterocycles. The predicted molar refractivity (Wildman–Crippen MR) is 91.9 cm³/mol. The van der Waals surface area contributed by atoms with E-state index in [0.29, 0.717) is 11.3 Å². The van der Waals surface area contributed by atoms with Crippen LogP contribution in [0.4, 0.5) is 13.2 Å². The number of aromatic hydroxyl groups is 1. The molecule has 128 valence electrons. The molecule has 0 fully saturated rings. The highest BCUT2D eigenvalue weighted by Gasteiger charge is 2.38. The largest absolute Gasteiger partial charge is 0.504 e. The maximum absolute atomic E-state index is 12.2. The maximum Gasteiger partial charge on any atom is 0.471 e. The molecule has 12 heteroatoms. The van der Waals surface area contributed by atoms with E-state index in [1.165, 1.54) is 54.4 Å². The van der Waals surface area contributed by atoms with E-state index in [2.05, 4.69) is 0 Å². The number of fused-ring (bicyclic) bond motifs is 1. The molecular formula is C11H10F3NO3S5. The second-order valence-electron chi connectivity index (χ2n) is 4.12. The van der Waals surface area contributed by atoms with Crippen LogP contribution in [0.25, 0.3) is 0 Å². The third-order valence-corrected chi connectivity index (χ3v) is 11.2. The minimum absolute atomic E-state index is 0.0750. The molecule has 0 radical (unpaired) electrons. The molecule has 1 aliphatic rings. The normalized spacial score (nSPS) is 14.8. The quantitative estimate of drug-likeness (QED) is 0.680. The number of amides is 1. The first-order chi connectivity index (χ1) is 10.8. The molecule has 0 atom stereocenters. The van der Waals surface area contributed by atoms with Gasteiger partial charge >= 0.3 is 12.1 Å². The van der Waals surface area contributed by atoms with Crippen molar-refractivity contribution in [3.63, 3.8) is 0 Å². The monoisotopic (exact) mass is 421 g/mol. The summed E-state index contributed by atoms with van der Waals surface area (Å²) in [5.74, 6) is -1.70. The molecule has 0 saturated carbocycles. The summed E-state index contributed by atoms with van der Waals surface area (Å²) >= 11 is 0. The Morgan fingerprint density at radius 3 is 2.52 bits per heavy atom. The van der Waals surface area contributed by atoms with Crippen LogP contribution in [0.15, 0.2) is 15.9 Å². The van der Waals surface area contributed by atoms with Crippen LogP contribution >= 0.6 is 51.1 Å². The molecule has 2 N–H and O–H groups in total. The first kappa shape index (κ1) is 19.2. The van der Waals surface area contributed by atoms with Gasteiger partial charge in [-0.15, -0.1) is 0 Å². The van der Waals surface area contributed by atoms with Gasteiger partial charge in [0.15, 0.2) is 11.5 Å². The zero-order chi connectivity index (χ0) is 17.0. The molecule has 0 spiro atoms. The van der Waals surface area contributed by atoms with Crippen molar-refractivity contribution in [2.24, 2.45) is 0 Å². The van der Waals surface area contributed by atoms with Crippen molar-refractivity contribution in [3.05, 3.63) is 11.6 Å². The van der Waals surface area contributed by atoms with Gasteiger partial charge in [-0.2, -0.15) is 13.2 Å². The van der Waals surface area contributed by atoms with Crippen molar-refractivity contribution in [2.75, 3.05) is 13.7 Å². The Labute approximate surface area is 149 Å². The zero-order valence-electron chi connectivity index (χ0n) is 11.4. The number of alkyl halides is 3. The van der Waals surface area contributed by atoms with Crippen molar-refractivity contribution in [1.82, 2.24) is 5.32 Å². The number of nitrogens with one attached hydrogen (secondary N) is 1. The number of hydrogen-bond acceptors (Lipinski definition) is 8. The van der Waals surface area contributed by atoms with Gasteiger partial charge in [-0.05, 0) is 69.1 Å². The van der Waals surface area contributed by atoms with Crippen molar-refractivity contribution < 1.29 is 27.8 Å². The summed E-state index contributed by atoms with van der Waals surface area (Å²) in [5, 5.41) is 11.9. The van der Waals surface area contributed by atoms with Crippen molar-refractivity contribution in [1.29, 1.82) is 0 Å². The third kappa shape index (κ3) is 4.91. The van der Waals surface area contributed by atoms with Crippen LogP contribution in [-0.4, -0.2) is 30.8 Å². The van der Waals surface area contributed by atoms with Crippen LogP contribution in [-0.2, 0) is 11.2 Å². The Hall–Kier alpha value is -0.170. The van der Waals surface area contributed by atoms with Gasteiger partial charge in [0, 0.05) is 11.4 Å². The van der Waals surface area contributed by atoms with E-state index in [1.54, 1.807) is 9.83 Å². The Morgan fingerprint density at radius 2 is 1.91 bits per heavy atom. The number of benzene rings is 1. The molecule has 0 unspecified atom stereocenters. The highest BCUT2D eigenvalue weighted by molar-refractivity contribution is 9.36. The number of phenolic OH excluding ortho intramolecular Hbond substituents is 1. The van der Waals surface area contributed by atoms with E-state index >= 15 is 0 Å². The van der Waals surface area contributed by atoms with E-state index in [4.69, 9.17) is 4.74 Å². The molecule has 1 heterocycles. The SMILES string of the molecule is COc1c(O)cc(CCNC(=O)C(F)(F)F)c2c1SSSSS2. The Morgan fingerprint density at radius 1 is 1.26 bits per heavy atom. The molecule has 0 saturated heterocycles. The average molecular weight is 422 g/mol. The number of rotatable bonds is 4. The molecule has 23 heavy (non-hydrogen) atoms. The third-order valence-electron chi connectivity index (χ3n) is 2.68. The van der Waals surface area contributed by atoms with Crippen LogP contribution in [0.3, 0.4) is 0 Å². The summed E-state index contributed by atoms with van der Waals surface area (Å²) in [6, 6.07) is 1.46. The fraction of sp³-hybridized carbons (Fsp3) is 0.364. The van der Waals surface area contributed by atoms with Gasteiger partial charge in [0.25, 0.3) is 0 Å². The Balaban J connectivity index is 2.19. The second-order valence-corrected chi connectivity index (χ2v) is 11.6. The number of halogens is 3. The minimum atomic E-state index is -4.90. The minimum Gasteiger partial charge on any atom is -0.504 e. The van der Waals surface area contributed by atoms with Gasteiger partial charge in [-0.25, -0.2) is 0 Å². The zero-order valence-corrected chi connectivity index (χ0v) is 15.5. The number of hydrogen-bond donors (Lipinski definition) is 2. The number of carbonyl (C=O) groups is 1.